The van der Waals surface area contributed by atoms with Crippen LogP contribution in [0.15, 0.2) is 48.5 Å². The number of hydrogen-bond acceptors (Lipinski definition) is 4. The molecule has 2 amide bonds. The number of amides is 2. The van der Waals surface area contributed by atoms with Crippen molar-refractivity contribution < 1.29 is 33.0 Å². The molecule has 2 aromatic carbocycles. The Morgan fingerprint density at radius 3 is 2.09 bits per heavy atom. The molecular weight excluding hydrogens is 446 g/mol. The van der Waals surface area contributed by atoms with E-state index in [1.807, 2.05) is 48.5 Å². The Morgan fingerprint density at radius 2 is 1.56 bits per heavy atom. The minimum atomic E-state index is -2.86. The standard InChI is InChI=1S/C25H26F2N2O5/c26-22(27)11-21(24(31)32)28-23(30)12-20(14-9-10-14)29-25(33)34-13-19-17-7-3-1-5-15(17)16-6-2-4-8-18(16)19/h1-8,14,19-22H,9-13H2,(H,28,30)(H,29,33)(H,31,32). The number of carbonyl (C=O) groups is 3. The van der Waals surface area contributed by atoms with E-state index >= 15 is 0 Å². The van der Waals surface area contributed by atoms with E-state index in [1.54, 1.807) is 0 Å². The fourth-order valence-corrected chi connectivity index (χ4v) is 4.48. The quantitative estimate of drug-likeness (QED) is 0.486. The number of hydrogen-bond donors (Lipinski definition) is 3. The highest BCUT2D eigenvalue weighted by atomic mass is 19.3. The second-order valence-corrected chi connectivity index (χ2v) is 8.70. The lowest BCUT2D eigenvalue weighted by molar-refractivity contribution is -0.143. The van der Waals surface area contributed by atoms with Crippen LogP contribution in [0.3, 0.4) is 0 Å². The van der Waals surface area contributed by atoms with E-state index in [1.165, 1.54) is 0 Å². The Kier molecular flexibility index (Phi) is 7.09. The predicted octanol–water partition coefficient (Wildman–Crippen LogP) is 3.92. The van der Waals surface area contributed by atoms with Crippen molar-refractivity contribution in [1.82, 2.24) is 10.6 Å². The van der Waals surface area contributed by atoms with Crippen LogP contribution in [0, 0.1) is 5.92 Å². The molecule has 0 saturated heterocycles. The Balaban J connectivity index is 1.34. The molecule has 2 aliphatic carbocycles. The van der Waals surface area contributed by atoms with Crippen molar-refractivity contribution >= 4 is 18.0 Å². The zero-order chi connectivity index (χ0) is 24.2. The molecule has 0 aliphatic heterocycles. The number of benzene rings is 2. The van der Waals surface area contributed by atoms with Crippen LogP contribution in [-0.4, -0.2) is 48.2 Å². The third-order valence-corrected chi connectivity index (χ3v) is 6.29. The summed E-state index contributed by atoms with van der Waals surface area (Å²) in [6.45, 7) is 0.124. The van der Waals surface area contributed by atoms with Crippen LogP contribution in [0.4, 0.5) is 13.6 Å². The van der Waals surface area contributed by atoms with Crippen molar-refractivity contribution in [2.45, 2.75) is 50.1 Å². The lowest BCUT2D eigenvalue weighted by Crippen LogP contribution is -2.46. The second-order valence-electron chi connectivity index (χ2n) is 8.70. The fourth-order valence-electron chi connectivity index (χ4n) is 4.48. The first-order valence-electron chi connectivity index (χ1n) is 11.2. The van der Waals surface area contributed by atoms with Crippen molar-refractivity contribution in [3.63, 3.8) is 0 Å². The minimum Gasteiger partial charge on any atom is -0.480 e. The van der Waals surface area contributed by atoms with Gasteiger partial charge in [-0.1, -0.05) is 48.5 Å². The molecular formula is C25H26F2N2O5. The van der Waals surface area contributed by atoms with Gasteiger partial charge < -0.3 is 20.5 Å². The summed E-state index contributed by atoms with van der Waals surface area (Å²) >= 11 is 0. The number of fused-ring (bicyclic) bond motifs is 3. The predicted molar refractivity (Wildman–Crippen MR) is 120 cm³/mol. The lowest BCUT2D eigenvalue weighted by Gasteiger charge is -2.21. The van der Waals surface area contributed by atoms with E-state index in [0.29, 0.717) is 0 Å². The first-order chi connectivity index (χ1) is 16.3. The van der Waals surface area contributed by atoms with Crippen LogP contribution in [-0.2, 0) is 14.3 Å². The second kappa shape index (κ2) is 10.2. The maximum Gasteiger partial charge on any atom is 0.407 e. The number of rotatable bonds is 10. The number of carbonyl (C=O) groups excluding carboxylic acids is 2. The van der Waals surface area contributed by atoms with E-state index in [2.05, 4.69) is 10.6 Å². The third kappa shape index (κ3) is 5.52. The van der Waals surface area contributed by atoms with Gasteiger partial charge in [0.05, 0.1) is 0 Å². The van der Waals surface area contributed by atoms with E-state index in [9.17, 15) is 23.2 Å². The van der Waals surface area contributed by atoms with Gasteiger partial charge in [-0.05, 0) is 41.0 Å². The first kappa shape index (κ1) is 23.7. The Morgan fingerprint density at radius 1 is 0.971 bits per heavy atom. The van der Waals surface area contributed by atoms with Gasteiger partial charge in [-0.15, -0.1) is 0 Å². The van der Waals surface area contributed by atoms with Crippen molar-refractivity contribution in [3.05, 3.63) is 59.7 Å². The number of alkyl carbamates (subject to hydrolysis) is 1. The molecule has 0 bridgehead atoms. The van der Waals surface area contributed by atoms with Crippen LogP contribution in [0.25, 0.3) is 11.1 Å². The molecule has 0 spiro atoms. The molecule has 2 atom stereocenters. The molecule has 0 heterocycles. The highest BCUT2D eigenvalue weighted by Crippen LogP contribution is 2.44. The Bertz CT molecular complexity index is 1030. The van der Waals surface area contributed by atoms with Crippen LogP contribution >= 0.6 is 0 Å². The number of aliphatic carboxylic acids is 1. The number of nitrogens with one attached hydrogen (secondary N) is 2. The minimum absolute atomic E-state index is 0.0598. The SMILES string of the molecule is O=C(CC(NC(=O)OCC1c2ccccc2-c2ccccc21)C1CC1)NC(CC(F)F)C(=O)O. The molecule has 0 aromatic heterocycles. The molecule has 7 nitrogen and oxygen atoms in total. The van der Waals surface area contributed by atoms with Crippen LogP contribution in [0.5, 0.6) is 0 Å². The zero-order valence-corrected chi connectivity index (χ0v) is 18.4. The summed E-state index contributed by atoms with van der Waals surface area (Å²) in [5.74, 6) is -2.28. The van der Waals surface area contributed by atoms with Crippen LogP contribution < -0.4 is 10.6 Å². The number of halogens is 2. The molecule has 4 rings (SSSR count). The number of ether oxygens (including phenoxy) is 1. The Labute approximate surface area is 195 Å². The van der Waals surface area contributed by atoms with Gasteiger partial charge in [0.25, 0.3) is 0 Å². The lowest BCUT2D eigenvalue weighted by atomic mass is 9.98. The fraction of sp³-hybridized carbons (Fsp3) is 0.400. The highest BCUT2D eigenvalue weighted by molar-refractivity contribution is 5.84. The molecule has 9 heteroatoms. The molecule has 2 aromatic rings. The first-order valence-corrected chi connectivity index (χ1v) is 11.2. The summed E-state index contributed by atoms with van der Waals surface area (Å²) in [7, 11) is 0. The smallest absolute Gasteiger partial charge is 0.407 e. The van der Waals surface area contributed by atoms with E-state index < -0.39 is 42.9 Å². The van der Waals surface area contributed by atoms with E-state index in [-0.39, 0.29) is 24.9 Å². The van der Waals surface area contributed by atoms with Gasteiger partial charge in [0.2, 0.25) is 12.3 Å². The zero-order valence-electron chi connectivity index (χ0n) is 18.4. The monoisotopic (exact) mass is 472 g/mol. The third-order valence-electron chi connectivity index (χ3n) is 6.29. The molecule has 1 saturated carbocycles. The summed E-state index contributed by atoms with van der Waals surface area (Å²) in [6.07, 6.45) is -3.10. The van der Waals surface area contributed by atoms with Gasteiger partial charge in [-0.2, -0.15) is 0 Å². The van der Waals surface area contributed by atoms with Crippen LogP contribution in [0.2, 0.25) is 0 Å². The molecule has 0 radical (unpaired) electrons. The maximum atomic E-state index is 12.6. The number of alkyl halides is 2. The average molecular weight is 472 g/mol. The summed E-state index contributed by atoms with van der Waals surface area (Å²) in [5, 5.41) is 13.9. The molecule has 34 heavy (non-hydrogen) atoms. The van der Waals surface area contributed by atoms with E-state index in [4.69, 9.17) is 9.84 Å². The average Bonchev–Trinajstić information content (AvgIpc) is 3.59. The topological polar surface area (TPSA) is 105 Å². The van der Waals surface area contributed by atoms with Crippen molar-refractivity contribution in [2.24, 2.45) is 5.92 Å². The van der Waals surface area contributed by atoms with Gasteiger partial charge in [0.15, 0.2) is 0 Å². The maximum absolute atomic E-state index is 12.6. The molecule has 180 valence electrons. The highest BCUT2D eigenvalue weighted by Gasteiger charge is 2.36. The van der Waals surface area contributed by atoms with E-state index in [0.717, 1.165) is 35.1 Å². The summed E-state index contributed by atoms with van der Waals surface area (Å²) in [5.41, 5.74) is 4.37. The van der Waals surface area contributed by atoms with Crippen molar-refractivity contribution in [3.8, 4) is 11.1 Å². The number of carboxylic acids is 1. The van der Waals surface area contributed by atoms with Crippen molar-refractivity contribution in [2.75, 3.05) is 6.61 Å². The summed E-state index contributed by atoms with van der Waals surface area (Å²) in [4.78, 5) is 36.0. The largest absolute Gasteiger partial charge is 0.480 e. The van der Waals surface area contributed by atoms with Gasteiger partial charge in [-0.25, -0.2) is 18.4 Å². The molecule has 2 aliphatic rings. The summed E-state index contributed by atoms with van der Waals surface area (Å²) < 4.78 is 30.7. The van der Waals surface area contributed by atoms with Gasteiger partial charge in [0.1, 0.15) is 12.6 Å². The normalized spacial score (nSPS) is 16.3. The Hall–Kier alpha value is -3.49. The van der Waals surface area contributed by atoms with Crippen LogP contribution in [0.1, 0.15) is 42.7 Å². The summed E-state index contributed by atoms with van der Waals surface area (Å²) in [6, 6.07) is 13.7. The van der Waals surface area contributed by atoms with Crippen molar-refractivity contribution in [1.29, 1.82) is 0 Å². The molecule has 2 unspecified atom stereocenters. The molecule has 3 N–H and O–H groups in total. The van der Waals surface area contributed by atoms with Gasteiger partial charge >= 0.3 is 12.1 Å². The van der Waals surface area contributed by atoms with Gasteiger partial charge in [0, 0.05) is 24.8 Å². The van der Waals surface area contributed by atoms with Gasteiger partial charge in [-0.3, -0.25) is 4.79 Å². The molecule has 1 fully saturated rings. The number of carboxylic acid groups (broad SMARTS) is 1.